The Balaban J connectivity index is 1.26. The van der Waals surface area contributed by atoms with Crippen molar-refractivity contribution in [1.82, 2.24) is 19.5 Å². The summed E-state index contributed by atoms with van der Waals surface area (Å²) in [4.78, 5) is 15.5. The zero-order valence-corrected chi connectivity index (χ0v) is 26.7. The maximum absolute atomic E-state index is 5.25. The third-order valence-electron chi connectivity index (χ3n) is 9.87. The standard InChI is InChI=1S/C42H28N4S/c1-42(2)33-17-9-6-14-27(33)31-23-32-28-15-7-10-18-35(28)46(36(32)24-34(31)42)41-44-39(25-12-4-3-5-13-25)43-40(45-41)26-20-21-30-29-16-8-11-19-37(29)47-38(30)22-26/h3-24H,1-2H3. The fraction of sp³-hybridized carbons (Fsp3) is 0.0714. The van der Waals surface area contributed by atoms with Gasteiger partial charge < -0.3 is 0 Å². The van der Waals surface area contributed by atoms with Crippen molar-refractivity contribution in [2.24, 2.45) is 0 Å². The van der Waals surface area contributed by atoms with Crippen LogP contribution in [0.2, 0.25) is 0 Å². The smallest absolute Gasteiger partial charge is 0.238 e. The monoisotopic (exact) mass is 620 g/mol. The molecule has 6 aromatic carbocycles. The normalized spacial score (nSPS) is 13.5. The van der Waals surface area contributed by atoms with Gasteiger partial charge in [-0.05, 0) is 52.6 Å². The number of hydrogen-bond donors (Lipinski definition) is 0. The van der Waals surface area contributed by atoms with Crippen LogP contribution in [-0.4, -0.2) is 19.5 Å². The fourth-order valence-electron chi connectivity index (χ4n) is 7.55. The number of thiophene rings is 1. The maximum Gasteiger partial charge on any atom is 0.238 e. The lowest BCUT2D eigenvalue weighted by Crippen LogP contribution is -2.15. The molecule has 1 aliphatic carbocycles. The lowest BCUT2D eigenvalue weighted by atomic mass is 9.82. The van der Waals surface area contributed by atoms with E-state index >= 15 is 0 Å². The molecule has 1 aliphatic rings. The van der Waals surface area contributed by atoms with E-state index in [1.807, 2.05) is 18.2 Å². The minimum absolute atomic E-state index is 0.124. The van der Waals surface area contributed by atoms with Gasteiger partial charge in [0.05, 0.1) is 11.0 Å². The van der Waals surface area contributed by atoms with Crippen molar-refractivity contribution in [3.05, 3.63) is 145 Å². The Labute approximate surface area is 275 Å². The lowest BCUT2D eigenvalue weighted by molar-refractivity contribution is 0.661. The summed E-state index contributed by atoms with van der Waals surface area (Å²) in [6, 6.07) is 47.6. The summed E-state index contributed by atoms with van der Waals surface area (Å²) >= 11 is 1.81. The first-order valence-electron chi connectivity index (χ1n) is 16.0. The number of aromatic nitrogens is 4. The second-order valence-corrected chi connectivity index (χ2v) is 14.0. The molecular weight excluding hydrogens is 593 g/mol. The largest absolute Gasteiger partial charge is 0.278 e. The molecule has 0 N–H and O–H groups in total. The molecule has 9 aromatic rings. The van der Waals surface area contributed by atoms with Gasteiger partial charge in [0.1, 0.15) is 0 Å². The summed E-state index contributed by atoms with van der Waals surface area (Å²) in [5, 5.41) is 4.92. The lowest BCUT2D eigenvalue weighted by Gasteiger charge is -2.21. The molecule has 0 radical (unpaired) electrons. The van der Waals surface area contributed by atoms with Crippen LogP contribution in [0, 0.1) is 0 Å². The van der Waals surface area contributed by atoms with E-state index in [0.717, 1.165) is 22.2 Å². The number of para-hydroxylation sites is 1. The van der Waals surface area contributed by atoms with Gasteiger partial charge in [-0.15, -0.1) is 11.3 Å². The Bertz CT molecular complexity index is 2720. The average Bonchev–Trinajstić information content (AvgIpc) is 3.73. The molecule has 0 spiro atoms. The zero-order valence-electron chi connectivity index (χ0n) is 25.9. The van der Waals surface area contributed by atoms with Gasteiger partial charge in [-0.3, -0.25) is 4.57 Å². The van der Waals surface area contributed by atoms with Gasteiger partial charge in [-0.1, -0.05) is 117 Å². The van der Waals surface area contributed by atoms with E-state index in [1.165, 1.54) is 53.2 Å². The van der Waals surface area contributed by atoms with Crippen LogP contribution in [0.5, 0.6) is 0 Å². The summed E-state index contributed by atoms with van der Waals surface area (Å²) in [7, 11) is 0. The van der Waals surface area contributed by atoms with Crippen molar-refractivity contribution in [2.75, 3.05) is 0 Å². The minimum atomic E-state index is -0.124. The van der Waals surface area contributed by atoms with Crippen molar-refractivity contribution >= 4 is 53.3 Å². The molecule has 10 rings (SSSR count). The van der Waals surface area contributed by atoms with E-state index in [2.05, 4.69) is 134 Å². The van der Waals surface area contributed by atoms with Crippen molar-refractivity contribution in [3.63, 3.8) is 0 Å². The van der Waals surface area contributed by atoms with Crippen LogP contribution in [0.4, 0.5) is 0 Å². The van der Waals surface area contributed by atoms with Crippen LogP contribution in [0.1, 0.15) is 25.0 Å². The molecule has 3 heterocycles. The van der Waals surface area contributed by atoms with Gasteiger partial charge in [-0.2, -0.15) is 9.97 Å². The summed E-state index contributed by atoms with van der Waals surface area (Å²) in [5.74, 6) is 1.93. The van der Waals surface area contributed by atoms with Crippen LogP contribution in [0.3, 0.4) is 0 Å². The number of benzene rings is 6. The van der Waals surface area contributed by atoms with Gasteiger partial charge in [0.2, 0.25) is 5.95 Å². The molecule has 0 aliphatic heterocycles. The van der Waals surface area contributed by atoms with Gasteiger partial charge in [0, 0.05) is 47.5 Å². The Kier molecular flexibility index (Phi) is 5.47. The Morgan fingerprint density at radius 2 is 1.19 bits per heavy atom. The molecule has 3 aromatic heterocycles. The Hall–Kier alpha value is -5.65. The van der Waals surface area contributed by atoms with E-state index in [-0.39, 0.29) is 5.41 Å². The minimum Gasteiger partial charge on any atom is -0.278 e. The topological polar surface area (TPSA) is 43.6 Å². The molecule has 0 bridgehead atoms. The second kappa shape index (κ2) is 9.68. The van der Waals surface area contributed by atoms with E-state index in [0.29, 0.717) is 17.6 Å². The van der Waals surface area contributed by atoms with E-state index in [9.17, 15) is 0 Å². The third kappa shape index (κ3) is 3.84. The molecule has 4 nitrogen and oxygen atoms in total. The van der Waals surface area contributed by atoms with Crippen LogP contribution in [0.25, 0.3) is 81.8 Å². The highest BCUT2D eigenvalue weighted by Crippen LogP contribution is 2.51. The first-order chi connectivity index (χ1) is 23.0. The highest BCUT2D eigenvalue weighted by Gasteiger charge is 2.36. The predicted octanol–water partition coefficient (Wildman–Crippen LogP) is 11.0. The number of hydrogen-bond acceptors (Lipinski definition) is 4. The Morgan fingerprint density at radius 3 is 2.06 bits per heavy atom. The summed E-state index contributed by atoms with van der Waals surface area (Å²) in [6.45, 7) is 4.66. The van der Waals surface area contributed by atoms with Crippen molar-refractivity contribution < 1.29 is 0 Å². The maximum atomic E-state index is 5.25. The molecule has 0 fully saturated rings. The van der Waals surface area contributed by atoms with Crippen molar-refractivity contribution in [1.29, 1.82) is 0 Å². The van der Waals surface area contributed by atoms with E-state index in [1.54, 1.807) is 11.3 Å². The van der Waals surface area contributed by atoms with Crippen molar-refractivity contribution in [3.8, 4) is 39.9 Å². The van der Waals surface area contributed by atoms with Crippen LogP contribution in [0.15, 0.2) is 133 Å². The molecule has 0 atom stereocenters. The molecular formula is C42H28N4S. The molecule has 0 amide bonds. The molecule has 5 heteroatoms. The summed E-state index contributed by atoms with van der Waals surface area (Å²) in [6.07, 6.45) is 0. The average molecular weight is 621 g/mol. The summed E-state index contributed by atoms with van der Waals surface area (Å²) < 4.78 is 4.74. The van der Waals surface area contributed by atoms with Crippen LogP contribution >= 0.6 is 11.3 Å². The number of rotatable bonds is 3. The first kappa shape index (κ1) is 26.6. The zero-order chi connectivity index (χ0) is 31.3. The van der Waals surface area contributed by atoms with Crippen LogP contribution < -0.4 is 0 Å². The fourth-order valence-corrected chi connectivity index (χ4v) is 8.70. The SMILES string of the molecule is CC1(C)c2ccccc2-c2cc3c4ccccc4n(-c4nc(-c5ccccc5)nc(-c5ccc6c(c5)sc5ccccc56)n4)c3cc21. The third-order valence-corrected chi connectivity index (χ3v) is 11.0. The molecule has 0 saturated carbocycles. The molecule has 0 saturated heterocycles. The van der Waals surface area contributed by atoms with Crippen LogP contribution in [-0.2, 0) is 5.41 Å². The Morgan fingerprint density at radius 1 is 0.489 bits per heavy atom. The number of nitrogens with zero attached hydrogens (tertiary/aromatic N) is 4. The highest BCUT2D eigenvalue weighted by molar-refractivity contribution is 7.25. The number of fused-ring (bicyclic) bond motifs is 9. The quantitative estimate of drug-likeness (QED) is 0.197. The van der Waals surface area contributed by atoms with E-state index < -0.39 is 0 Å². The van der Waals surface area contributed by atoms with E-state index in [4.69, 9.17) is 15.0 Å². The molecule has 222 valence electrons. The van der Waals surface area contributed by atoms with Gasteiger partial charge in [0.25, 0.3) is 0 Å². The van der Waals surface area contributed by atoms with Crippen molar-refractivity contribution in [2.45, 2.75) is 19.3 Å². The van der Waals surface area contributed by atoms with Gasteiger partial charge in [-0.25, -0.2) is 4.98 Å². The molecule has 0 unspecified atom stereocenters. The second-order valence-electron chi connectivity index (χ2n) is 12.9. The molecule has 47 heavy (non-hydrogen) atoms. The predicted molar refractivity (Wildman–Crippen MR) is 195 cm³/mol. The highest BCUT2D eigenvalue weighted by atomic mass is 32.1. The van der Waals surface area contributed by atoms with Gasteiger partial charge in [0.15, 0.2) is 11.6 Å². The summed E-state index contributed by atoms with van der Waals surface area (Å²) in [5.41, 5.74) is 9.29. The van der Waals surface area contributed by atoms with Gasteiger partial charge >= 0.3 is 0 Å². The first-order valence-corrected chi connectivity index (χ1v) is 16.8.